The summed E-state index contributed by atoms with van der Waals surface area (Å²) in [7, 11) is 0. The van der Waals surface area contributed by atoms with Crippen molar-refractivity contribution < 1.29 is 18.7 Å². The van der Waals surface area contributed by atoms with Gasteiger partial charge in [-0.2, -0.15) is 14.4 Å². The van der Waals surface area contributed by atoms with Gasteiger partial charge in [0.1, 0.15) is 12.8 Å². The molecule has 1 saturated carbocycles. The lowest BCUT2D eigenvalue weighted by atomic mass is 9.80. The van der Waals surface area contributed by atoms with Crippen molar-refractivity contribution in [3.05, 3.63) is 12.4 Å². The van der Waals surface area contributed by atoms with E-state index in [9.17, 15) is 9.18 Å². The fraction of sp³-hybridized carbons (Fsp3) is 0.667. The average molecular weight is 458 g/mol. The number of halogens is 1. The minimum absolute atomic E-state index is 0.00657. The molecule has 3 heterocycles. The van der Waals surface area contributed by atoms with Gasteiger partial charge >= 0.3 is 12.0 Å². The molecule has 2 fully saturated rings. The summed E-state index contributed by atoms with van der Waals surface area (Å²) in [5.41, 5.74) is 5.25. The number of aromatic nitrogens is 4. The SMILES string of the molecule is C#C[C@@]1(COC(=O)[C@H]2CC[C@H](CCCCC)CC2)CC[C@H](n2cnc3c(N)nc(F)nc32)O1. The van der Waals surface area contributed by atoms with Gasteiger partial charge in [0.2, 0.25) is 0 Å². The molecule has 33 heavy (non-hydrogen) atoms. The second-order valence-corrected chi connectivity index (χ2v) is 9.27. The number of nitrogens with two attached hydrogens (primary N) is 1. The summed E-state index contributed by atoms with van der Waals surface area (Å²) in [6.07, 6.45) is 15.8. The van der Waals surface area contributed by atoms with Gasteiger partial charge < -0.3 is 15.2 Å². The average Bonchev–Trinajstić information content (AvgIpc) is 3.43. The maximum Gasteiger partial charge on any atom is 0.312 e. The second kappa shape index (κ2) is 10.0. The number of anilines is 1. The summed E-state index contributed by atoms with van der Waals surface area (Å²) in [5, 5.41) is 0. The fourth-order valence-electron chi connectivity index (χ4n) is 4.98. The Morgan fingerprint density at radius 2 is 2.12 bits per heavy atom. The van der Waals surface area contributed by atoms with E-state index in [1.54, 1.807) is 4.57 Å². The number of esters is 1. The number of rotatable bonds is 8. The molecule has 0 unspecified atom stereocenters. The first-order valence-corrected chi connectivity index (χ1v) is 11.9. The van der Waals surface area contributed by atoms with Crippen molar-refractivity contribution in [1.29, 1.82) is 0 Å². The van der Waals surface area contributed by atoms with Crippen LogP contribution in [0.15, 0.2) is 6.33 Å². The Morgan fingerprint density at radius 3 is 2.85 bits per heavy atom. The molecule has 1 aliphatic carbocycles. The zero-order chi connectivity index (χ0) is 23.4. The van der Waals surface area contributed by atoms with E-state index in [0.29, 0.717) is 18.4 Å². The highest BCUT2D eigenvalue weighted by atomic mass is 19.1. The Bertz CT molecular complexity index is 1030. The van der Waals surface area contributed by atoms with Crippen molar-refractivity contribution in [2.24, 2.45) is 11.8 Å². The lowest BCUT2D eigenvalue weighted by Gasteiger charge is -2.29. The van der Waals surface area contributed by atoms with Crippen LogP contribution in [0.3, 0.4) is 0 Å². The third kappa shape index (κ3) is 5.11. The van der Waals surface area contributed by atoms with Gasteiger partial charge in [0, 0.05) is 0 Å². The molecule has 2 aliphatic rings. The van der Waals surface area contributed by atoms with Crippen LogP contribution in [-0.2, 0) is 14.3 Å². The predicted molar refractivity (Wildman–Crippen MR) is 121 cm³/mol. The summed E-state index contributed by atoms with van der Waals surface area (Å²) in [6.45, 7) is 2.21. The molecule has 9 heteroatoms. The van der Waals surface area contributed by atoms with Crippen LogP contribution in [0.5, 0.6) is 0 Å². The Labute approximate surface area is 193 Å². The minimum atomic E-state index is -1.04. The predicted octanol–water partition coefficient (Wildman–Crippen LogP) is 4.16. The summed E-state index contributed by atoms with van der Waals surface area (Å²) in [5.74, 6) is 3.10. The van der Waals surface area contributed by atoms with Crippen LogP contribution in [0.4, 0.5) is 10.2 Å². The Morgan fingerprint density at radius 1 is 1.33 bits per heavy atom. The van der Waals surface area contributed by atoms with Crippen LogP contribution in [0.1, 0.15) is 77.4 Å². The van der Waals surface area contributed by atoms with Crippen LogP contribution in [0, 0.1) is 30.3 Å². The molecule has 0 radical (unpaired) electrons. The Balaban J connectivity index is 1.33. The first-order valence-electron chi connectivity index (χ1n) is 11.9. The van der Waals surface area contributed by atoms with E-state index < -0.39 is 17.9 Å². The number of carbonyl (C=O) groups is 1. The largest absolute Gasteiger partial charge is 0.461 e. The minimum Gasteiger partial charge on any atom is -0.461 e. The molecule has 0 spiro atoms. The van der Waals surface area contributed by atoms with Gasteiger partial charge in [-0.25, -0.2) is 4.98 Å². The van der Waals surface area contributed by atoms with E-state index in [1.165, 1.54) is 32.0 Å². The summed E-state index contributed by atoms with van der Waals surface area (Å²) in [6, 6.07) is 0. The first kappa shape index (κ1) is 23.4. The van der Waals surface area contributed by atoms with Crippen molar-refractivity contribution >= 4 is 23.0 Å². The van der Waals surface area contributed by atoms with Crippen molar-refractivity contribution in [2.45, 2.75) is 83.0 Å². The number of carbonyl (C=O) groups excluding carboxylic acids is 1. The molecule has 178 valence electrons. The molecule has 1 saturated heterocycles. The van der Waals surface area contributed by atoms with Crippen molar-refractivity contribution in [1.82, 2.24) is 19.5 Å². The standard InChI is InChI=1S/C24H32FN5O3/c1-3-5-6-7-16-8-10-17(11-9-16)22(31)32-14-24(4-2)13-12-18(33-24)30-15-27-19-20(26)28-23(25)29-21(19)30/h2,15-18H,3,5-14H2,1H3,(H2,26,28,29)/t16-,17-,18-,24+/m1/s1. The molecular formula is C24H32FN5O3. The number of imidazole rings is 1. The van der Waals surface area contributed by atoms with Gasteiger partial charge in [0.15, 0.2) is 22.6 Å². The molecule has 2 N–H and O–H groups in total. The third-order valence-electron chi connectivity index (χ3n) is 6.99. The number of ether oxygens (including phenoxy) is 2. The smallest absolute Gasteiger partial charge is 0.312 e. The van der Waals surface area contributed by atoms with Crippen molar-refractivity contribution in [3.8, 4) is 12.3 Å². The van der Waals surface area contributed by atoms with Crippen LogP contribution in [-0.4, -0.2) is 37.7 Å². The van der Waals surface area contributed by atoms with Gasteiger partial charge in [0.05, 0.1) is 12.2 Å². The number of fused-ring (bicyclic) bond motifs is 1. The molecule has 2 aromatic rings. The van der Waals surface area contributed by atoms with Gasteiger partial charge in [-0.3, -0.25) is 9.36 Å². The zero-order valence-corrected chi connectivity index (χ0v) is 19.1. The van der Waals surface area contributed by atoms with E-state index in [4.69, 9.17) is 21.6 Å². The number of unbranched alkanes of at least 4 members (excludes halogenated alkanes) is 2. The maximum absolute atomic E-state index is 13.7. The molecular weight excluding hydrogens is 425 g/mol. The van der Waals surface area contributed by atoms with E-state index in [1.807, 2.05) is 0 Å². The lowest BCUT2D eigenvalue weighted by Crippen LogP contribution is -2.35. The third-order valence-corrected chi connectivity index (χ3v) is 6.99. The van der Waals surface area contributed by atoms with Crippen LogP contribution >= 0.6 is 0 Å². The molecule has 8 nitrogen and oxygen atoms in total. The second-order valence-electron chi connectivity index (χ2n) is 9.27. The summed E-state index contributed by atoms with van der Waals surface area (Å²) in [4.78, 5) is 24.2. The van der Waals surface area contributed by atoms with Crippen LogP contribution in [0.2, 0.25) is 0 Å². The van der Waals surface area contributed by atoms with Gasteiger partial charge in [-0.1, -0.05) is 38.5 Å². The molecule has 0 aromatic carbocycles. The fourth-order valence-corrected chi connectivity index (χ4v) is 4.98. The molecule has 2 atom stereocenters. The highest BCUT2D eigenvalue weighted by Gasteiger charge is 2.42. The van der Waals surface area contributed by atoms with Crippen molar-refractivity contribution in [3.63, 3.8) is 0 Å². The molecule has 1 aliphatic heterocycles. The van der Waals surface area contributed by atoms with Crippen molar-refractivity contribution in [2.75, 3.05) is 12.3 Å². The van der Waals surface area contributed by atoms with Gasteiger partial charge in [-0.05, 0) is 44.4 Å². The number of nitrogens with zero attached hydrogens (tertiary/aromatic N) is 4. The number of nitrogen functional groups attached to an aromatic ring is 1. The highest BCUT2D eigenvalue weighted by Crippen LogP contribution is 2.38. The van der Waals surface area contributed by atoms with Crippen LogP contribution in [0.25, 0.3) is 11.2 Å². The quantitative estimate of drug-likeness (QED) is 0.275. The van der Waals surface area contributed by atoms with Gasteiger partial charge in [-0.15, -0.1) is 6.42 Å². The highest BCUT2D eigenvalue weighted by molar-refractivity contribution is 5.81. The molecule has 4 rings (SSSR count). The lowest BCUT2D eigenvalue weighted by molar-refractivity contribution is -0.158. The first-order chi connectivity index (χ1) is 15.9. The summed E-state index contributed by atoms with van der Waals surface area (Å²) < 4.78 is 27.0. The topological polar surface area (TPSA) is 105 Å². The molecule has 2 aromatic heterocycles. The van der Waals surface area contributed by atoms with E-state index in [-0.39, 0.29) is 30.0 Å². The van der Waals surface area contributed by atoms with E-state index in [2.05, 4.69) is 27.8 Å². The van der Waals surface area contributed by atoms with Gasteiger partial charge in [0.25, 0.3) is 0 Å². The molecule has 0 bridgehead atoms. The summed E-state index contributed by atoms with van der Waals surface area (Å²) >= 11 is 0. The number of hydrogen-bond acceptors (Lipinski definition) is 7. The van der Waals surface area contributed by atoms with E-state index in [0.717, 1.165) is 31.6 Å². The molecule has 0 amide bonds. The maximum atomic E-state index is 13.7. The normalized spacial score (nSPS) is 27.5. The monoisotopic (exact) mass is 457 g/mol. The zero-order valence-electron chi connectivity index (χ0n) is 19.1. The Hall–Kier alpha value is -2.73. The van der Waals surface area contributed by atoms with E-state index >= 15 is 0 Å². The van der Waals surface area contributed by atoms with Crippen LogP contribution < -0.4 is 5.73 Å². The number of hydrogen-bond donors (Lipinski definition) is 1. The Kier molecular flexibility index (Phi) is 7.13. The number of terminal acetylenes is 1.